The SMILES string of the molecule is O=C([C@@H]1CCC[C@@H](O)C1)N(CCO)CCCOc1ccc(Cl)cc1Cl. The number of nitrogens with zero attached hydrogens (tertiary/aromatic N) is 1. The zero-order valence-electron chi connectivity index (χ0n) is 14.2. The Kier molecular flexibility index (Phi) is 8.30. The first kappa shape index (κ1) is 20.3. The number of hydrogen-bond donors (Lipinski definition) is 2. The zero-order chi connectivity index (χ0) is 18.2. The van der Waals surface area contributed by atoms with Crippen LogP contribution in [-0.2, 0) is 4.79 Å². The first-order valence-electron chi connectivity index (χ1n) is 8.67. The number of carbonyl (C=O) groups excluding carboxylic acids is 1. The predicted molar refractivity (Wildman–Crippen MR) is 98.2 cm³/mol. The van der Waals surface area contributed by atoms with Gasteiger partial charge in [0, 0.05) is 24.0 Å². The minimum Gasteiger partial charge on any atom is -0.492 e. The molecule has 1 amide bonds. The van der Waals surface area contributed by atoms with Gasteiger partial charge < -0.3 is 19.8 Å². The molecule has 0 radical (unpaired) electrons. The number of rotatable bonds is 8. The summed E-state index contributed by atoms with van der Waals surface area (Å²) in [5, 5.41) is 20.0. The van der Waals surface area contributed by atoms with Crippen molar-refractivity contribution in [3.05, 3.63) is 28.2 Å². The molecule has 1 aromatic rings. The van der Waals surface area contributed by atoms with E-state index in [0.717, 1.165) is 19.3 Å². The van der Waals surface area contributed by atoms with Crippen LogP contribution in [0.1, 0.15) is 32.1 Å². The van der Waals surface area contributed by atoms with Gasteiger partial charge >= 0.3 is 0 Å². The van der Waals surface area contributed by atoms with E-state index in [4.69, 9.17) is 27.9 Å². The van der Waals surface area contributed by atoms with Gasteiger partial charge in [-0.25, -0.2) is 0 Å². The Labute approximate surface area is 158 Å². The van der Waals surface area contributed by atoms with Gasteiger partial charge in [-0.05, 0) is 43.9 Å². The molecule has 7 heteroatoms. The zero-order valence-corrected chi connectivity index (χ0v) is 15.7. The highest BCUT2D eigenvalue weighted by Crippen LogP contribution is 2.28. The van der Waals surface area contributed by atoms with Gasteiger partial charge in [0.1, 0.15) is 5.75 Å². The van der Waals surface area contributed by atoms with Crippen LogP contribution in [0.4, 0.5) is 0 Å². The second-order valence-electron chi connectivity index (χ2n) is 6.34. The van der Waals surface area contributed by atoms with Crippen LogP contribution in [0.2, 0.25) is 10.0 Å². The molecule has 1 fully saturated rings. The van der Waals surface area contributed by atoms with E-state index < -0.39 is 6.10 Å². The third-order valence-corrected chi connectivity index (χ3v) is 4.93. The summed E-state index contributed by atoms with van der Waals surface area (Å²) in [7, 11) is 0. The van der Waals surface area contributed by atoms with E-state index in [0.29, 0.717) is 48.3 Å². The molecule has 0 spiro atoms. The third kappa shape index (κ3) is 6.33. The van der Waals surface area contributed by atoms with Crippen molar-refractivity contribution in [3.8, 4) is 5.75 Å². The van der Waals surface area contributed by atoms with Crippen LogP contribution in [0.15, 0.2) is 18.2 Å². The largest absolute Gasteiger partial charge is 0.492 e. The van der Waals surface area contributed by atoms with Gasteiger partial charge in [-0.3, -0.25) is 4.79 Å². The summed E-state index contributed by atoms with van der Waals surface area (Å²) in [5.41, 5.74) is 0. The minimum absolute atomic E-state index is 0.0114. The maximum absolute atomic E-state index is 12.6. The Morgan fingerprint density at radius 2 is 2.08 bits per heavy atom. The molecule has 1 aliphatic rings. The van der Waals surface area contributed by atoms with E-state index in [-0.39, 0.29) is 18.4 Å². The van der Waals surface area contributed by atoms with Crippen molar-refractivity contribution < 1.29 is 19.7 Å². The summed E-state index contributed by atoms with van der Waals surface area (Å²) in [4.78, 5) is 14.3. The lowest BCUT2D eigenvalue weighted by Crippen LogP contribution is -2.41. The summed E-state index contributed by atoms with van der Waals surface area (Å²) < 4.78 is 5.63. The standard InChI is InChI=1S/C18H25Cl2NO4/c19-14-5-6-17(16(20)12-14)25-10-2-7-21(8-9-22)18(24)13-3-1-4-15(23)11-13/h5-6,12-13,15,22-23H,1-4,7-11H2/t13-,15-/m1/s1. The first-order valence-corrected chi connectivity index (χ1v) is 9.42. The molecule has 140 valence electrons. The highest BCUT2D eigenvalue weighted by Gasteiger charge is 2.29. The number of ether oxygens (including phenoxy) is 1. The van der Waals surface area contributed by atoms with Crippen LogP contribution >= 0.6 is 23.2 Å². The van der Waals surface area contributed by atoms with Crippen molar-refractivity contribution in [1.82, 2.24) is 4.90 Å². The average molecular weight is 390 g/mol. The topological polar surface area (TPSA) is 70.0 Å². The van der Waals surface area contributed by atoms with Crippen LogP contribution in [0.3, 0.4) is 0 Å². The van der Waals surface area contributed by atoms with Gasteiger partial charge in [-0.2, -0.15) is 0 Å². The predicted octanol–water partition coefficient (Wildman–Crippen LogP) is 3.13. The fourth-order valence-corrected chi connectivity index (χ4v) is 3.59. The summed E-state index contributed by atoms with van der Waals surface area (Å²) >= 11 is 11.9. The van der Waals surface area contributed by atoms with Crippen LogP contribution in [-0.4, -0.2) is 53.4 Å². The molecule has 2 N–H and O–H groups in total. The van der Waals surface area contributed by atoms with Gasteiger partial charge in [-0.1, -0.05) is 29.6 Å². The third-order valence-electron chi connectivity index (χ3n) is 4.40. The van der Waals surface area contributed by atoms with Gasteiger partial charge in [-0.15, -0.1) is 0 Å². The monoisotopic (exact) mass is 389 g/mol. The normalized spacial score (nSPS) is 20.3. The van der Waals surface area contributed by atoms with Crippen molar-refractivity contribution in [1.29, 1.82) is 0 Å². The summed E-state index contributed by atoms with van der Waals surface area (Å²) in [5.74, 6) is 0.417. The number of aliphatic hydroxyl groups excluding tert-OH is 2. The average Bonchev–Trinajstić information content (AvgIpc) is 2.58. The van der Waals surface area contributed by atoms with Crippen molar-refractivity contribution in [2.24, 2.45) is 5.92 Å². The van der Waals surface area contributed by atoms with Gasteiger partial charge in [0.05, 0.1) is 24.3 Å². The first-order chi connectivity index (χ1) is 12.0. The highest BCUT2D eigenvalue weighted by molar-refractivity contribution is 6.35. The number of aliphatic hydroxyl groups is 2. The number of halogens is 2. The molecule has 0 bridgehead atoms. The lowest BCUT2D eigenvalue weighted by atomic mass is 9.86. The van der Waals surface area contributed by atoms with E-state index in [1.807, 2.05) is 0 Å². The number of amides is 1. The summed E-state index contributed by atoms with van der Waals surface area (Å²) in [6, 6.07) is 5.04. The Bertz CT molecular complexity index is 570. The van der Waals surface area contributed by atoms with Crippen LogP contribution in [0.25, 0.3) is 0 Å². The molecule has 2 rings (SSSR count). The number of carbonyl (C=O) groups is 1. The molecule has 0 heterocycles. The molecule has 1 saturated carbocycles. The Morgan fingerprint density at radius 3 is 2.76 bits per heavy atom. The minimum atomic E-state index is -0.394. The Morgan fingerprint density at radius 1 is 1.28 bits per heavy atom. The fraction of sp³-hybridized carbons (Fsp3) is 0.611. The second-order valence-corrected chi connectivity index (χ2v) is 7.19. The van der Waals surface area contributed by atoms with Crippen molar-refractivity contribution in [2.75, 3.05) is 26.3 Å². The molecule has 2 atom stereocenters. The molecule has 0 unspecified atom stereocenters. The second kappa shape index (κ2) is 10.2. The van der Waals surface area contributed by atoms with Crippen LogP contribution in [0, 0.1) is 5.92 Å². The smallest absolute Gasteiger partial charge is 0.225 e. The number of benzene rings is 1. The number of hydrogen-bond acceptors (Lipinski definition) is 4. The molecule has 5 nitrogen and oxygen atoms in total. The van der Waals surface area contributed by atoms with Crippen molar-refractivity contribution in [3.63, 3.8) is 0 Å². The molecule has 0 aliphatic heterocycles. The van der Waals surface area contributed by atoms with Gasteiger partial charge in [0.15, 0.2) is 0 Å². The van der Waals surface area contributed by atoms with E-state index in [1.54, 1.807) is 23.1 Å². The summed E-state index contributed by atoms with van der Waals surface area (Å²) in [6.45, 7) is 1.12. The van der Waals surface area contributed by atoms with Gasteiger partial charge in [0.2, 0.25) is 5.91 Å². The molecular formula is C18H25Cl2NO4. The van der Waals surface area contributed by atoms with Crippen molar-refractivity contribution in [2.45, 2.75) is 38.2 Å². The fourth-order valence-electron chi connectivity index (χ4n) is 3.13. The molecule has 25 heavy (non-hydrogen) atoms. The highest BCUT2D eigenvalue weighted by atomic mass is 35.5. The van der Waals surface area contributed by atoms with Gasteiger partial charge in [0.25, 0.3) is 0 Å². The molecule has 0 saturated heterocycles. The molecular weight excluding hydrogens is 365 g/mol. The van der Waals surface area contributed by atoms with E-state index in [1.165, 1.54) is 0 Å². The molecule has 1 aliphatic carbocycles. The maximum atomic E-state index is 12.6. The Balaban J connectivity index is 1.81. The van der Waals surface area contributed by atoms with Crippen LogP contribution in [0.5, 0.6) is 5.75 Å². The Hall–Kier alpha value is -1.01. The van der Waals surface area contributed by atoms with E-state index >= 15 is 0 Å². The molecule has 0 aromatic heterocycles. The lowest BCUT2D eigenvalue weighted by Gasteiger charge is -2.30. The lowest BCUT2D eigenvalue weighted by molar-refractivity contribution is -0.138. The van der Waals surface area contributed by atoms with Crippen molar-refractivity contribution >= 4 is 29.1 Å². The summed E-state index contributed by atoms with van der Waals surface area (Å²) in [6.07, 6.45) is 3.17. The molecule has 1 aromatic carbocycles. The maximum Gasteiger partial charge on any atom is 0.225 e. The van der Waals surface area contributed by atoms with E-state index in [2.05, 4.69) is 0 Å². The quantitative estimate of drug-likeness (QED) is 0.670. The van der Waals surface area contributed by atoms with Crippen LogP contribution < -0.4 is 4.74 Å². The van der Waals surface area contributed by atoms with E-state index in [9.17, 15) is 15.0 Å².